The van der Waals surface area contributed by atoms with Crippen molar-refractivity contribution in [3.63, 3.8) is 0 Å². The number of nitrogens with two attached hydrogens (primary N) is 1. The molecule has 0 amide bonds. The molecule has 1 aliphatic carbocycles. The number of nitrogens with zero attached hydrogens (tertiary/aromatic N) is 2. The van der Waals surface area contributed by atoms with E-state index in [1.807, 2.05) is 30.7 Å². The maximum absolute atomic E-state index is 6.11. The zero-order chi connectivity index (χ0) is 13.9. The number of hydrogen-bond donors (Lipinski definition) is 1. The number of rotatable bonds is 3. The van der Waals surface area contributed by atoms with E-state index in [1.54, 1.807) is 0 Å². The van der Waals surface area contributed by atoms with Gasteiger partial charge < -0.3 is 10.3 Å². The predicted molar refractivity (Wildman–Crippen MR) is 82.7 cm³/mol. The van der Waals surface area contributed by atoms with Crippen molar-refractivity contribution in [2.45, 2.75) is 31.7 Å². The van der Waals surface area contributed by atoms with Gasteiger partial charge in [0.15, 0.2) is 0 Å². The Balaban J connectivity index is 1.97. The number of benzene rings is 1. The molecule has 0 bridgehead atoms. The molecule has 1 aliphatic rings. The Morgan fingerprint density at radius 1 is 1.30 bits per heavy atom. The van der Waals surface area contributed by atoms with Crippen LogP contribution in [-0.2, 0) is 0 Å². The van der Waals surface area contributed by atoms with E-state index in [-0.39, 0.29) is 0 Å². The average molecular weight is 290 g/mol. The molecule has 2 N–H and O–H groups in total. The molecule has 20 heavy (non-hydrogen) atoms. The van der Waals surface area contributed by atoms with Crippen molar-refractivity contribution in [3.8, 4) is 11.3 Å². The van der Waals surface area contributed by atoms with E-state index in [0.29, 0.717) is 12.0 Å². The maximum Gasteiger partial charge on any atom is 0.0953 e. The zero-order valence-electron chi connectivity index (χ0n) is 11.5. The quantitative estimate of drug-likeness (QED) is 0.931. The highest BCUT2D eigenvalue weighted by atomic mass is 35.5. The van der Waals surface area contributed by atoms with Gasteiger partial charge in [0.05, 0.1) is 18.2 Å². The fraction of sp³-hybridized carbons (Fsp3) is 0.438. The molecular weight excluding hydrogens is 270 g/mol. The van der Waals surface area contributed by atoms with Crippen LogP contribution in [0.1, 0.15) is 31.7 Å². The summed E-state index contributed by atoms with van der Waals surface area (Å²) < 4.78 is 2.29. The smallest absolute Gasteiger partial charge is 0.0953 e. The normalized spacial score (nSPS) is 22.9. The van der Waals surface area contributed by atoms with E-state index in [4.69, 9.17) is 17.3 Å². The molecule has 3 nitrogen and oxygen atoms in total. The Morgan fingerprint density at radius 2 is 2.15 bits per heavy atom. The van der Waals surface area contributed by atoms with Crippen LogP contribution in [0.15, 0.2) is 36.8 Å². The minimum atomic E-state index is 0.463. The van der Waals surface area contributed by atoms with Gasteiger partial charge in [0.25, 0.3) is 0 Å². The van der Waals surface area contributed by atoms with Crippen LogP contribution in [-0.4, -0.2) is 16.1 Å². The lowest BCUT2D eigenvalue weighted by atomic mass is 9.84. The molecule has 4 heteroatoms. The largest absolute Gasteiger partial charge is 0.330 e. The Bertz CT molecular complexity index is 579. The Kier molecular flexibility index (Phi) is 4.08. The summed E-state index contributed by atoms with van der Waals surface area (Å²) in [5.74, 6) is 0.552. The lowest BCUT2D eigenvalue weighted by Crippen LogP contribution is -2.29. The van der Waals surface area contributed by atoms with Crippen LogP contribution < -0.4 is 5.73 Å². The summed E-state index contributed by atoms with van der Waals surface area (Å²) in [5.41, 5.74) is 8.22. The van der Waals surface area contributed by atoms with Crippen LogP contribution in [0.3, 0.4) is 0 Å². The van der Waals surface area contributed by atoms with Crippen LogP contribution >= 0.6 is 11.6 Å². The monoisotopic (exact) mass is 289 g/mol. The number of aromatic nitrogens is 2. The van der Waals surface area contributed by atoms with Crippen molar-refractivity contribution in [2.75, 3.05) is 6.54 Å². The fourth-order valence-corrected chi connectivity index (χ4v) is 3.46. The molecule has 106 valence electrons. The topological polar surface area (TPSA) is 43.8 Å². The highest BCUT2D eigenvalue weighted by molar-refractivity contribution is 6.30. The standard InChI is InChI=1S/C16H20ClN3/c17-14-6-3-5-12(8-14)16-10-19-11-20(16)15-7-2-1-4-13(15)9-18/h3,5-6,8,10-11,13,15H,1-2,4,7,9,18H2. The van der Waals surface area contributed by atoms with E-state index in [9.17, 15) is 0 Å². The summed E-state index contributed by atoms with van der Waals surface area (Å²) in [4.78, 5) is 4.35. The van der Waals surface area contributed by atoms with Crippen LogP contribution in [0.2, 0.25) is 5.02 Å². The van der Waals surface area contributed by atoms with E-state index in [1.165, 1.54) is 25.7 Å². The van der Waals surface area contributed by atoms with Gasteiger partial charge in [-0.05, 0) is 37.4 Å². The highest BCUT2D eigenvalue weighted by Gasteiger charge is 2.26. The van der Waals surface area contributed by atoms with Gasteiger partial charge in [0.1, 0.15) is 0 Å². The van der Waals surface area contributed by atoms with Crippen LogP contribution in [0.25, 0.3) is 11.3 Å². The molecule has 0 aliphatic heterocycles. The highest BCUT2D eigenvalue weighted by Crippen LogP contribution is 2.36. The number of hydrogen-bond acceptors (Lipinski definition) is 2. The van der Waals surface area contributed by atoms with Crippen LogP contribution in [0.4, 0.5) is 0 Å². The van der Waals surface area contributed by atoms with Gasteiger partial charge in [-0.25, -0.2) is 4.98 Å². The third kappa shape index (κ3) is 2.60. The molecule has 1 saturated carbocycles. The Labute approximate surface area is 124 Å². The third-order valence-corrected chi connectivity index (χ3v) is 4.55. The first-order valence-corrected chi connectivity index (χ1v) is 7.65. The van der Waals surface area contributed by atoms with Crippen molar-refractivity contribution in [1.29, 1.82) is 0 Å². The predicted octanol–water partition coefficient (Wildman–Crippen LogP) is 3.89. The Hall–Kier alpha value is -1.32. The number of halogens is 1. The summed E-state index contributed by atoms with van der Waals surface area (Å²) in [7, 11) is 0. The maximum atomic E-state index is 6.11. The molecule has 0 radical (unpaired) electrons. The first kappa shape index (κ1) is 13.7. The second-order valence-electron chi connectivity index (χ2n) is 5.54. The van der Waals surface area contributed by atoms with Gasteiger partial charge in [-0.1, -0.05) is 36.6 Å². The van der Waals surface area contributed by atoms with E-state index in [0.717, 1.165) is 22.8 Å². The van der Waals surface area contributed by atoms with Gasteiger partial charge in [0.2, 0.25) is 0 Å². The fourth-order valence-electron chi connectivity index (χ4n) is 3.27. The van der Waals surface area contributed by atoms with Gasteiger partial charge in [-0.15, -0.1) is 0 Å². The minimum Gasteiger partial charge on any atom is -0.330 e. The lowest BCUT2D eigenvalue weighted by molar-refractivity contribution is 0.246. The van der Waals surface area contributed by atoms with Crippen molar-refractivity contribution in [1.82, 2.24) is 9.55 Å². The van der Waals surface area contributed by atoms with Crippen molar-refractivity contribution in [2.24, 2.45) is 11.7 Å². The van der Waals surface area contributed by atoms with Crippen LogP contribution in [0.5, 0.6) is 0 Å². The van der Waals surface area contributed by atoms with Crippen LogP contribution in [0, 0.1) is 5.92 Å². The van der Waals surface area contributed by atoms with E-state index < -0.39 is 0 Å². The summed E-state index contributed by atoms with van der Waals surface area (Å²) >= 11 is 6.11. The zero-order valence-corrected chi connectivity index (χ0v) is 12.3. The van der Waals surface area contributed by atoms with Crippen molar-refractivity contribution < 1.29 is 0 Å². The number of imidazole rings is 1. The molecule has 3 rings (SSSR count). The molecule has 0 saturated heterocycles. The molecule has 0 spiro atoms. The summed E-state index contributed by atoms with van der Waals surface area (Å²) in [6.07, 6.45) is 8.83. The third-order valence-electron chi connectivity index (χ3n) is 4.32. The first-order chi connectivity index (χ1) is 9.79. The molecular formula is C16H20ClN3. The van der Waals surface area contributed by atoms with Gasteiger partial charge in [-0.2, -0.15) is 0 Å². The average Bonchev–Trinajstić information content (AvgIpc) is 2.96. The first-order valence-electron chi connectivity index (χ1n) is 7.27. The summed E-state index contributed by atoms with van der Waals surface area (Å²) in [5, 5.41) is 0.759. The molecule has 2 atom stereocenters. The molecule has 1 heterocycles. The SMILES string of the molecule is NCC1CCCCC1n1cncc1-c1cccc(Cl)c1. The van der Waals surface area contributed by atoms with Gasteiger partial charge in [-0.3, -0.25) is 0 Å². The summed E-state index contributed by atoms with van der Waals surface area (Å²) in [6.45, 7) is 0.748. The van der Waals surface area contributed by atoms with E-state index in [2.05, 4.69) is 15.6 Å². The molecule has 1 fully saturated rings. The molecule has 2 unspecified atom stereocenters. The Morgan fingerprint density at radius 3 is 2.95 bits per heavy atom. The van der Waals surface area contributed by atoms with E-state index >= 15 is 0 Å². The van der Waals surface area contributed by atoms with Crippen molar-refractivity contribution in [3.05, 3.63) is 41.8 Å². The van der Waals surface area contributed by atoms with Crippen molar-refractivity contribution >= 4 is 11.6 Å². The summed E-state index contributed by atoms with van der Waals surface area (Å²) in [6, 6.07) is 8.42. The second-order valence-corrected chi connectivity index (χ2v) is 5.98. The minimum absolute atomic E-state index is 0.463. The molecule has 1 aromatic heterocycles. The van der Waals surface area contributed by atoms with Gasteiger partial charge >= 0.3 is 0 Å². The second kappa shape index (κ2) is 5.98. The van der Waals surface area contributed by atoms with Gasteiger partial charge in [0, 0.05) is 16.6 Å². The molecule has 1 aromatic carbocycles. The lowest BCUT2D eigenvalue weighted by Gasteiger charge is -2.32. The molecule has 2 aromatic rings.